The molecule has 0 unspecified atom stereocenters. The van der Waals surface area contributed by atoms with Gasteiger partial charge in [-0.2, -0.15) is 0 Å². The van der Waals surface area contributed by atoms with E-state index in [1.165, 1.54) is 0 Å². The van der Waals surface area contributed by atoms with Crippen molar-refractivity contribution < 1.29 is 18.3 Å². The average Bonchev–Trinajstić information content (AvgIpc) is 2.69. The molecule has 7 nitrogen and oxygen atoms in total. The lowest BCUT2D eigenvalue weighted by atomic mass is 9.91. The third kappa shape index (κ3) is 3.68. The van der Waals surface area contributed by atoms with E-state index in [0.717, 1.165) is 17.6 Å². The largest absolute Gasteiger partial charge is 0.386 e. The van der Waals surface area contributed by atoms with Gasteiger partial charge in [0.15, 0.2) is 5.13 Å². The fraction of sp³-hybridized carbons (Fsp3) is 0.636. The number of nitrogens with one attached hydrogen (secondary N) is 1. The summed E-state index contributed by atoms with van der Waals surface area (Å²) in [5, 5.41) is 11.8. The summed E-state index contributed by atoms with van der Waals surface area (Å²) in [6.45, 7) is 2.58. The van der Waals surface area contributed by atoms with E-state index in [4.69, 9.17) is 0 Å². The number of aromatic nitrogens is 1. The van der Waals surface area contributed by atoms with Gasteiger partial charge >= 0.3 is 0 Å². The molecule has 0 aliphatic carbocycles. The number of hydrogen-bond acceptors (Lipinski definition) is 6. The second kappa shape index (κ2) is 5.30. The topological polar surface area (TPSA) is 99.6 Å². The zero-order chi connectivity index (χ0) is 15.0. The highest BCUT2D eigenvalue weighted by molar-refractivity contribution is 7.92. The predicted octanol–water partition coefficient (Wildman–Crippen LogP) is 0.0404. The molecular weight excluding hydrogens is 302 g/mol. The van der Waals surface area contributed by atoms with Crippen LogP contribution in [0, 0.1) is 0 Å². The summed E-state index contributed by atoms with van der Waals surface area (Å²) in [5.41, 5.74) is -0.223. The molecule has 0 bridgehead atoms. The highest BCUT2D eigenvalue weighted by atomic mass is 32.2. The second-order valence-corrected chi connectivity index (χ2v) is 7.63. The van der Waals surface area contributed by atoms with Crippen LogP contribution in [0.15, 0.2) is 5.38 Å². The number of hydrogen-bond donors (Lipinski definition) is 2. The van der Waals surface area contributed by atoms with Gasteiger partial charge in [-0.3, -0.25) is 9.52 Å². The van der Waals surface area contributed by atoms with Crippen molar-refractivity contribution in [3.63, 3.8) is 0 Å². The number of carbonyl (C=O) groups excluding carboxylic acids is 1. The van der Waals surface area contributed by atoms with Crippen LogP contribution in [0.2, 0.25) is 0 Å². The molecule has 2 N–H and O–H groups in total. The van der Waals surface area contributed by atoms with Gasteiger partial charge < -0.3 is 10.0 Å². The maximum Gasteiger partial charge on any atom is 0.231 e. The summed E-state index contributed by atoms with van der Waals surface area (Å²) in [4.78, 5) is 17.6. The Kier molecular flexibility index (Phi) is 4.03. The van der Waals surface area contributed by atoms with Gasteiger partial charge in [0.25, 0.3) is 0 Å². The number of β-amino-alcohol motifs (C(OH)–C–C–N with tert-alkyl or cyclic N) is 1. The highest BCUT2D eigenvalue weighted by Crippen LogP contribution is 2.25. The monoisotopic (exact) mass is 319 g/mol. The average molecular weight is 319 g/mol. The predicted molar refractivity (Wildman–Crippen MR) is 76.1 cm³/mol. The van der Waals surface area contributed by atoms with Crippen LogP contribution in [0.1, 0.15) is 19.0 Å². The number of anilines is 1. The fourth-order valence-electron chi connectivity index (χ4n) is 1.92. The van der Waals surface area contributed by atoms with E-state index in [0.29, 0.717) is 25.2 Å². The molecule has 9 heteroatoms. The van der Waals surface area contributed by atoms with Crippen LogP contribution < -0.4 is 4.72 Å². The van der Waals surface area contributed by atoms with Gasteiger partial charge in [-0.15, -0.1) is 11.3 Å². The molecule has 0 radical (unpaired) electrons. The third-order valence-electron chi connectivity index (χ3n) is 3.14. The van der Waals surface area contributed by atoms with Gasteiger partial charge in [-0.25, -0.2) is 13.4 Å². The summed E-state index contributed by atoms with van der Waals surface area (Å²) in [6.07, 6.45) is 1.78. The summed E-state index contributed by atoms with van der Waals surface area (Å²) in [7, 11) is -3.35. The minimum absolute atomic E-state index is 0.112. The van der Waals surface area contributed by atoms with Crippen molar-refractivity contribution in [2.75, 3.05) is 24.1 Å². The second-order valence-electron chi connectivity index (χ2n) is 5.02. The molecule has 1 saturated heterocycles. The molecule has 0 spiro atoms. The molecule has 1 amide bonds. The number of thiazole rings is 1. The zero-order valence-corrected chi connectivity index (χ0v) is 12.9. The van der Waals surface area contributed by atoms with E-state index in [1.807, 2.05) is 6.92 Å². The minimum atomic E-state index is -3.35. The molecule has 0 atom stereocenters. The van der Waals surface area contributed by atoms with Crippen LogP contribution in [0.3, 0.4) is 0 Å². The Labute approximate surface area is 121 Å². The van der Waals surface area contributed by atoms with Crippen molar-refractivity contribution in [2.45, 2.75) is 25.4 Å². The number of carbonyl (C=O) groups is 1. The first-order chi connectivity index (χ1) is 9.21. The number of aliphatic hydroxyl groups is 1. The molecule has 0 aromatic carbocycles. The Bertz CT molecular complexity index is 605. The molecule has 1 aliphatic rings. The molecule has 20 heavy (non-hydrogen) atoms. The van der Waals surface area contributed by atoms with Gasteiger partial charge in [-0.05, 0) is 6.42 Å². The molecule has 1 aromatic rings. The molecule has 0 saturated carbocycles. The molecule has 2 rings (SSSR count). The van der Waals surface area contributed by atoms with E-state index >= 15 is 0 Å². The molecular formula is C11H17N3O4S2. The fourth-order valence-corrected chi connectivity index (χ4v) is 3.49. The Morgan fingerprint density at radius 2 is 2.25 bits per heavy atom. The maximum atomic E-state index is 11.9. The van der Waals surface area contributed by atoms with E-state index in [1.54, 1.807) is 10.3 Å². The first kappa shape index (κ1) is 15.2. The molecule has 112 valence electrons. The maximum absolute atomic E-state index is 11.9. The van der Waals surface area contributed by atoms with Crippen LogP contribution in [0.5, 0.6) is 0 Å². The van der Waals surface area contributed by atoms with Gasteiger partial charge in [0, 0.05) is 5.38 Å². The van der Waals surface area contributed by atoms with Crippen molar-refractivity contribution in [1.82, 2.24) is 9.88 Å². The van der Waals surface area contributed by atoms with Crippen molar-refractivity contribution in [1.29, 1.82) is 0 Å². The first-order valence-electron chi connectivity index (χ1n) is 6.13. The van der Waals surface area contributed by atoms with Crippen molar-refractivity contribution >= 4 is 32.4 Å². The zero-order valence-electron chi connectivity index (χ0n) is 11.3. The van der Waals surface area contributed by atoms with E-state index in [-0.39, 0.29) is 17.5 Å². The summed E-state index contributed by atoms with van der Waals surface area (Å²) >= 11 is 1.14. The van der Waals surface area contributed by atoms with Crippen LogP contribution in [0.4, 0.5) is 5.13 Å². The molecule has 2 heterocycles. The third-order valence-corrected chi connectivity index (χ3v) is 4.64. The van der Waals surface area contributed by atoms with E-state index in [9.17, 15) is 18.3 Å². The highest BCUT2D eigenvalue weighted by Gasteiger charge is 2.41. The van der Waals surface area contributed by atoms with Crippen molar-refractivity contribution in [3.8, 4) is 0 Å². The van der Waals surface area contributed by atoms with Crippen LogP contribution >= 0.6 is 11.3 Å². The molecule has 1 fully saturated rings. The molecule has 1 aromatic heterocycles. The summed E-state index contributed by atoms with van der Waals surface area (Å²) in [6, 6.07) is 0. The quantitative estimate of drug-likeness (QED) is 0.798. The number of amides is 1. The molecule has 1 aliphatic heterocycles. The smallest absolute Gasteiger partial charge is 0.231 e. The normalized spacial score (nSPS) is 17.6. The number of likely N-dealkylation sites (tertiary alicyclic amines) is 1. The number of nitrogens with zero attached hydrogens (tertiary/aromatic N) is 2. The summed E-state index contributed by atoms with van der Waals surface area (Å²) < 4.78 is 24.4. The summed E-state index contributed by atoms with van der Waals surface area (Å²) in [5.74, 6) is -0.112. The lowest BCUT2D eigenvalue weighted by Crippen LogP contribution is -2.63. The SMILES string of the molecule is CCC1(O)CN(C(=O)Cc2csc(NS(C)(=O)=O)n2)C1. The van der Waals surface area contributed by atoms with Gasteiger partial charge in [-0.1, -0.05) is 6.92 Å². The van der Waals surface area contributed by atoms with Crippen LogP contribution in [0.25, 0.3) is 0 Å². The van der Waals surface area contributed by atoms with Crippen LogP contribution in [-0.4, -0.2) is 54.3 Å². The Morgan fingerprint density at radius 3 is 2.80 bits per heavy atom. The van der Waals surface area contributed by atoms with Gasteiger partial charge in [0.2, 0.25) is 15.9 Å². The van der Waals surface area contributed by atoms with Gasteiger partial charge in [0.1, 0.15) is 0 Å². The Morgan fingerprint density at radius 1 is 1.60 bits per heavy atom. The van der Waals surface area contributed by atoms with Gasteiger partial charge in [0.05, 0.1) is 37.1 Å². The lowest BCUT2D eigenvalue weighted by Gasteiger charge is -2.46. The lowest BCUT2D eigenvalue weighted by molar-refractivity contribution is -0.155. The number of sulfonamides is 1. The Balaban J connectivity index is 1.90. The number of rotatable bonds is 5. The van der Waals surface area contributed by atoms with Crippen molar-refractivity contribution in [2.24, 2.45) is 0 Å². The Hall–Kier alpha value is -1.19. The van der Waals surface area contributed by atoms with E-state index in [2.05, 4.69) is 9.71 Å². The first-order valence-corrected chi connectivity index (χ1v) is 8.90. The van der Waals surface area contributed by atoms with Crippen molar-refractivity contribution in [3.05, 3.63) is 11.1 Å². The van der Waals surface area contributed by atoms with E-state index < -0.39 is 15.6 Å². The van der Waals surface area contributed by atoms with Crippen LogP contribution in [-0.2, 0) is 21.2 Å². The minimum Gasteiger partial charge on any atom is -0.386 e. The standard InChI is InChI=1S/C11H17N3O4S2/c1-3-11(16)6-14(7-11)9(15)4-8-5-19-10(12-8)13-20(2,17)18/h5,16H,3-4,6-7H2,1-2H3,(H,12,13).